The number of rotatable bonds is 7. The highest BCUT2D eigenvalue weighted by Crippen LogP contribution is 2.25. The molecule has 1 aromatic carbocycles. The topological polar surface area (TPSA) is 57.5 Å². The van der Waals surface area contributed by atoms with E-state index in [0.717, 1.165) is 24.8 Å². The summed E-state index contributed by atoms with van der Waals surface area (Å²) in [6.07, 6.45) is 4.98. The third kappa shape index (κ3) is 4.89. The fraction of sp³-hybridized carbons (Fsp3) is 0.500. The predicted octanol–water partition coefficient (Wildman–Crippen LogP) is 3.18. The van der Waals surface area contributed by atoms with Crippen LogP contribution in [0.15, 0.2) is 18.2 Å². The monoisotopic (exact) mass is 236 g/mol. The molecule has 0 unspecified atom stereocenters. The van der Waals surface area contributed by atoms with Crippen molar-refractivity contribution < 1.29 is 15.0 Å². The van der Waals surface area contributed by atoms with Gasteiger partial charge in [0.25, 0.3) is 0 Å². The molecule has 94 valence electrons. The van der Waals surface area contributed by atoms with Gasteiger partial charge in [0.2, 0.25) is 0 Å². The Balaban J connectivity index is 2.34. The molecule has 0 saturated carbocycles. The second-order valence-electron chi connectivity index (χ2n) is 4.32. The van der Waals surface area contributed by atoms with Gasteiger partial charge in [0.05, 0.1) is 0 Å². The van der Waals surface area contributed by atoms with E-state index < -0.39 is 0 Å². The number of unbranched alkanes of at least 4 members (excludes halogenated alkanes) is 2. The van der Waals surface area contributed by atoms with Crippen molar-refractivity contribution in [2.24, 2.45) is 0 Å². The summed E-state index contributed by atoms with van der Waals surface area (Å²) < 4.78 is 0. The maximum atomic E-state index is 11.5. The van der Waals surface area contributed by atoms with E-state index >= 15 is 0 Å². The molecule has 0 amide bonds. The molecule has 0 heterocycles. The van der Waals surface area contributed by atoms with E-state index in [1.165, 1.54) is 12.1 Å². The SMILES string of the molecule is CCCCCC(=O)CCc1ccc(O)c(O)c1. The molecule has 2 N–H and O–H groups in total. The van der Waals surface area contributed by atoms with Crippen LogP contribution in [0.3, 0.4) is 0 Å². The molecule has 0 atom stereocenters. The molecule has 0 fully saturated rings. The van der Waals surface area contributed by atoms with Crippen LogP contribution < -0.4 is 0 Å². The maximum Gasteiger partial charge on any atom is 0.157 e. The van der Waals surface area contributed by atoms with Crippen LogP contribution in [0.5, 0.6) is 11.5 Å². The molecule has 0 saturated heterocycles. The first-order valence-corrected chi connectivity index (χ1v) is 6.16. The van der Waals surface area contributed by atoms with Crippen LogP contribution in [0.1, 0.15) is 44.6 Å². The molecule has 3 heteroatoms. The summed E-state index contributed by atoms with van der Waals surface area (Å²) in [6.45, 7) is 2.11. The van der Waals surface area contributed by atoms with Gasteiger partial charge in [-0.05, 0) is 30.5 Å². The highest BCUT2D eigenvalue weighted by Gasteiger charge is 2.04. The highest BCUT2D eigenvalue weighted by atomic mass is 16.3. The first-order chi connectivity index (χ1) is 8.13. The third-order valence-corrected chi connectivity index (χ3v) is 2.79. The summed E-state index contributed by atoms with van der Waals surface area (Å²) in [5.74, 6) is 0.0231. The maximum absolute atomic E-state index is 11.5. The van der Waals surface area contributed by atoms with E-state index in [2.05, 4.69) is 6.92 Å². The Hall–Kier alpha value is -1.51. The Morgan fingerprint density at radius 3 is 2.53 bits per heavy atom. The van der Waals surface area contributed by atoms with E-state index in [4.69, 9.17) is 5.11 Å². The Kier molecular flexibility index (Phi) is 5.53. The summed E-state index contributed by atoms with van der Waals surface area (Å²) in [6, 6.07) is 4.69. The van der Waals surface area contributed by atoms with Crippen molar-refractivity contribution in [1.82, 2.24) is 0 Å². The fourth-order valence-corrected chi connectivity index (χ4v) is 1.71. The Labute approximate surface area is 102 Å². The summed E-state index contributed by atoms with van der Waals surface area (Å²) in [5.41, 5.74) is 0.879. The second-order valence-corrected chi connectivity index (χ2v) is 4.32. The Morgan fingerprint density at radius 1 is 1.12 bits per heavy atom. The Bertz CT molecular complexity index is 372. The molecular formula is C14H20O3. The normalized spacial score (nSPS) is 10.4. The smallest absolute Gasteiger partial charge is 0.157 e. The molecule has 0 spiro atoms. The third-order valence-electron chi connectivity index (χ3n) is 2.79. The molecule has 17 heavy (non-hydrogen) atoms. The number of benzene rings is 1. The van der Waals surface area contributed by atoms with Crippen molar-refractivity contribution in [2.75, 3.05) is 0 Å². The molecule has 1 aromatic rings. The van der Waals surface area contributed by atoms with Crippen molar-refractivity contribution >= 4 is 5.78 Å². The van der Waals surface area contributed by atoms with Gasteiger partial charge in [0.15, 0.2) is 11.5 Å². The lowest BCUT2D eigenvalue weighted by molar-refractivity contribution is -0.119. The van der Waals surface area contributed by atoms with Gasteiger partial charge in [-0.15, -0.1) is 0 Å². The second kappa shape index (κ2) is 6.94. The number of Topliss-reactive ketones (excluding diaryl/α,β-unsaturated/α-hetero) is 1. The van der Waals surface area contributed by atoms with Crippen LogP contribution in [0.4, 0.5) is 0 Å². The van der Waals surface area contributed by atoms with Crippen LogP contribution in [-0.2, 0) is 11.2 Å². The molecule has 1 rings (SSSR count). The van der Waals surface area contributed by atoms with E-state index in [0.29, 0.717) is 19.3 Å². The van der Waals surface area contributed by atoms with Crippen molar-refractivity contribution in [3.05, 3.63) is 23.8 Å². The highest BCUT2D eigenvalue weighted by molar-refractivity contribution is 5.78. The summed E-state index contributed by atoms with van der Waals surface area (Å²) >= 11 is 0. The number of aryl methyl sites for hydroxylation is 1. The minimum Gasteiger partial charge on any atom is -0.504 e. The van der Waals surface area contributed by atoms with Gasteiger partial charge in [0.1, 0.15) is 5.78 Å². The first-order valence-electron chi connectivity index (χ1n) is 6.16. The van der Waals surface area contributed by atoms with Crippen molar-refractivity contribution in [3.8, 4) is 11.5 Å². The van der Waals surface area contributed by atoms with Gasteiger partial charge in [-0.1, -0.05) is 25.8 Å². The summed E-state index contributed by atoms with van der Waals surface area (Å²) in [4.78, 5) is 11.5. The predicted molar refractivity (Wildman–Crippen MR) is 67.2 cm³/mol. The van der Waals surface area contributed by atoms with Gasteiger partial charge < -0.3 is 10.2 Å². The van der Waals surface area contributed by atoms with E-state index in [1.54, 1.807) is 6.07 Å². The minimum atomic E-state index is -0.124. The van der Waals surface area contributed by atoms with Crippen LogP contribution >= 0.6 is 0 Å². The van der Waals surface area contributed by atoms with E-state index in [1.807, 2.05) is 0 Å². The number of phenolic OH excluding ortho intramolecular Hbond substituents is 2. The van der Waals surface area contributed by atoms with Crippen molar-refractivity contribution in [2.45, 2.75) is 45.4 Å². The average Bonchev–Trinajstić information content (AvgIpc) is 2.31. The number of hydrogen-bond donors (Lipinski definition) is 2. The average molecular weight is 236 g/mol. The largest absolute Gasteiger partial charge is 0.504 e. The van der Waals surface area contributed by atoms with Gasteiger partial charge in [-0.25, -0.2) is 0 Å². The van der Waals surface area contributed by atoms with Crippen molar-refractivity contribution in [3.63, 3.8) is 0 Å². The van der Waals surface area contributed by atoms with Gasteiger partial charge >= 0.3 is 0 Å². The zero-order valence-corrected chi connectivity index (χ0v) is 10.3. The minimum absolute atomic E-state index is 0.122. The molecular weight excluding hydrogens is 216 g/mol. The van der Waals surface area contributed by atoms with Gasteiger partial charge in [-0.2, -0.15) is 0 Å². The zero-order valence-electron chi connectivity index (χ0n) is 10.3. The lowest BCUT2D eigenvalue weighted by Gasteiger charge is -2.03. The lowest BCUT2D eigenvalue weighted by Crippen LogP contribution is -2.00. The Morgan fingerprint density at radius 2 is 1.88 bits per heavy atom. The molecule has 0 bridgehead atoms. The number of aromatic hydroxyl groups is 2. The zero-order chi connectivity index (χ0) is 12.7. The summed E-state index contributed by atoms with van der Waals surface area (Å²) in [5, 5.41) is 18.5. The number of phenols is 2. The van der Waals surface area contributed by atoms with Crippen LogP contribution in [-0.4, -0.2) is 16.0 Å². The fourth-order valence-electron chi connectivity index (χ4n) is 1.71. The summed E-state index contributed by atoms with van der Waals surface area (Å²) in [7, 11) is 0. The van der Waals surface area contributed by atoms with Gasteiger partial charge in [0, 0.05) is 12.8 Å². The lowest BCUT2D eigenvalue weighted by atomic mass is 10.0. The molecule has 0 aliphatic carbocycles. The molecule has 0 aromatic heterocycles. The van der Waals surface area contributed by atoms with Crippen LogP contribution in [0.25, 0.3) is 0 Å². The number of carbonyl (C=O) groups is 1. The van der Waals surface area contributed by atoms with E-state index in [9.17, 15) is 9.90 Å². The molecule has 0 aliphatic heterocycles. The van der Waals surface area contributed by atoms with Crippen molar-refractivity contribution in [1.29, 1.82) is 0 Å². The quantitative estimate of drug-likeness (QED) is 0.564. The van der Waals surface area contributed by atoms with E-state index in [-0.39, 0.29) is 17.3 Å². The van der Waals surface area contributed by atoms with Crippen LogP contribution in [0.2, 0.25) is 0 Å². The molecule has 3 nitrogen and oxygen atoms in total. The molecule has 0 aliphatic rings. The first kappa shape index (κ1) is 13.6. The molecule has 0 radical (unpaired) electrons. The van der Waals surface area contributed by atoms with Crippen LogP contribution in [0, 0.1) is 0 Å². The number of ketones is 1. The van der Waals surface area contributed by atoms with Gasteiger partial charge in [-0.3, -0.25) is 4.79 Å². The number of carbonyl (C=O) groups excluding carboxylic acids is 1. The number of hydrogen-bond acceptors (Lipinski definition) is 3. The standard InChI is InChI=1S/C14H20O3/c1-2-3-4-5-12(15)8-6-11-7-9-13(16)14(17)10-11/h7,9-10,16-17H,2-6,8H2,1H3.